The molecule has 1 amide bonds. The molecule has 0 fully saturated rings. The highest BCUT2D eigenvalue weighted by molar-refractivity contribution is 5.94. The quantitative estimate of drug-likeness (QED) is 0.350. The van der Waals surface area contributed by atoms with Crippen LogP contribution in [0.15, 0.2) is 72.9 Å². The SMILES string of the molecule is COc1cc2nccc(Oc3ccc(C(=O)NCc4ccc(C(F)(F)F)cc4)cc3)c2cc1OC. The number of nitrogens with one attached hydrogen (secondary N) is 1. The first-order chi connectivity index (χ1) is 16.8. The third kappa shape index (κ3) is 5.46. The van der Waals surface area contributed by atoms with Crippen LogP contribution < -0.4 is 19.5 Å². The number of fused-ring (bicyclic) bond motifs is 1. The average Bonchev–Trinajstić information content (AvgIpc) is 2.86. The summed E-state index contributed by atoms with van der Waals surface area (Å²) in [7, 11) is 3.09. The van der Waals surface area contributed by atoms with E-state index in [2.05, 4.69) is 10.3 Å². The number of ether oxygens (including phenoxy) is 3. The summed E-state index contributed by atoms with van der Waals surface area (Å²) in [6.07, 6.45) is -2.78. The number of aromatic nitrogens is 1. The number of amides is 1. The summed E-state index contributed by atoms with van der Waals surface area (Å²) < 4.78 is 54.7. The van der Waals surface area contributed by atoms with Crippen molar-refractivity contribution in [3.63, 3.8) is 0 Å². The number of halogens is 3. The van der Waals surface area contributed by atoms with E-state index >= 15 is 0 Å². The minimum Gasteiger partial charge on any atom is -0.493 e. The highest BCUT2D eigenvalue weighted by atomic mass is 19.4. The van der Waals surface area contributed by atoms with Gasteiger partial charge in [0.15, 0.2) is 11.5 Å². The van der Waals surface area contributed by atoms with Crippen LogP contribution in [0.3, 0.4) is 0 Å². The fourth-order valence-corrected chi connectivity index (χ4v) is 3.43. The van der Waals surface area contributed by atoms with Crippen LogP contribution >= 0.6 is 0 Å². The van der Waals surface area contributed by atoms with Gasteiger partial charge in [-0.25, -0.2) is 0 Å². The second-order valence-electron chi connectivity index (χ2n) is 7.54. The number of nitrogens with zero attached hydrogens (tertiary/aromatic N) is 1. The number of pyridine rings is 1. The Hall–Kier alpha value is -4.27. The van der Waals surface area contributed by atoms with Crippen LogP contribution in [0.1, 0.15) is 21.5 Å². The Morgan fingerprint density at radius 1 is 0.886 bits per heavy atom. The van der Waals surface area contributed by atoms with E-state index in [1.165, 1.54) is 12.1 Å². The van der Waals surface area contributed by atoms with Crippen molar-refractivity contribution in [1.82, 2.24) is 10.3 Å². The van der Waals surface area contributed by atoms with Crippen molar-refractivity contribution in [1.29, 1.82) is 0 Å². The highest BCUT2D eigenvalue weighted by Crippen LogP contribution is 2.37. The van der Waals surface area contributed by atoms with Gasteiger partial charge in [-0.3, -0.25) is 9.78 Å². The third-order valence-electron chi connectivity index (χ3n) is 5.29. The van der Waals surface area contributed by atoms with Gasteiger partial charge in [-0.05, 0) is 54.1 Å². The summed E-state index contributed by atoms with van der Waals surface area (Å²) in [5.74, 6) is 1.79. The molecule has 9 heteroatoms. The van der Waals surface area contributed by atoms with E-state index in [4.69, 9.17) is 14.2 Å². The summed E-state index contributed by atoms with van der Waals surface area (Å²) in [5, 5.41) is 3.42. The van der Waals surface area contributed by atoms with Crippen molar-refractivity contribution < 1.29 is 32.2 Å². The first-order valence-corrected chi connectivity index (χ1v) is 10.5. The second-order valence-corrected chi connectivity index (χ2v) is 7.54. The molecule has 0 bridgehead atoms. The molecule has 0 atom stereocenters. The lowest BCUT2D eigenvalue weighted by molar-refractivity contribution is -0.137. The average molecular weight is 482 g/mol. The second kappa shape index (κ2) is 9.92. The maximum Gasteiger partial charge on any atom is 0.416 e. The van der Waals surface area contributed by atoms with E-state index in [0.717, 1.165) is 17.5 Å². The van der Waals surface area contributed by atoms with Crippen molar-refractivity contribution in [2.45, 2.75) is 12.7 Å². The zero-order valence-corrected chi connectivity index (χ0v) is 18.8. The molecule has 1 heterocycles. The Balaban J connectivity index is 1.43. The number of benzene rings is 3. The molecule has 35 heavy (non-hydrogen) atoms. The van der Waals surface area contributed by atoms with Gasteiger partial charge in [0.25, 0.3) is 5.91 Å². The predicted molar refractivity (Wildman–Crippen MR) is 124 cm³/mol. The molecule has 0 radical (unpaired) electrons. The van der Waals surface area contributed by atoms with Gasteiger partial charge in [0.05, 0.1) is 25.3 Å². The van der Waals surface area contributed by atoms with Crippen LogP contribution in [0, 0.1) is 0 Å². The van der Waals surface area contributed by atoms with Crippen LogP contribution in [0.5, 0.6) is 23.0 Å². The van der Waals surface area contributed by atoms with Crippen molar-refractivity contribution in [3.8, 4) is 23.0 Å². The fourth-order valence-electron chi connectivity index (χ4n) is 3.43. The van der Waals surface area contributed by atoms with Gasteiger partial charge in [-0.15, -0.1) is 0 Å². The van der Waals surface area contributed by atoms with Gasteiger partial charge >= 0.3 is 6.18 Å². The van der Waals surface area contributed by atoms with E-state index in [0.29, 0.717) is 39.6 Å². The monoisotopic (exact) mass is 482 g/mol. The summed E-state index contributed by atoms with van der Waals surface area (Å²) in [6.45, 7) is 0.101. The number of alkyl halides is 3. The lowest BCUT2D eigenvalue weighted by Crippen LogP contribution is -2.22. The Morgan fingerprint density at radius 3 is 2.17 bits per heavy atom. The van der Waals surface area contributed by atoms with Crippen LogP contribution in [0.25, 0.3) is 10.9 Å². The van der Waals surface area contributed by atoms with Crippen LogP contribution in [0.4, 0.5) is 13.2 Å². The smallest absolute Gasteiger partial charge is 0.416 e. The van der Waals surface area contributed by atoms with Crippen LogP contribution in [-0.2, 0) is 12.7 Å². The molecule has 3 aromatic carbocycles. The number of methoxy groups -OCH3 is 2. The molecule has 0 saturated carbocycles. The van der Waals surface area contributed by atoms with Gasteiger partial charge in [0, 0.05) is 29.8 Å². The summed E-state index contributed by atoms with van der Waals surface area (Å²) in [4.78, 5) is 16.8. The maximum atomic E-state index is 12.7. The molecular weight excluding hydrogens is 461 g/mol. The molecule has 0 aliphatic rings. The molecule has 4 aromatic rings. The van der Waals surface area contributed by atoms with Gasteiger partial charge in [0.1, 0.15) is 11.5 Å². The fraction of sp³-hybridized carbons (Fsp3) is 0.154. The van der Waals surface area contributed by atoms with Gasteiger partial charge < -0.3 is 19.5 Å². The lowest BCUT2D eigenvalue weighted by Gasteiger charge is -2.12. The van der Waals surface area contributed by atoms with E-state index in [1.807, 2.05) is 0 Å². The van der Waals surface area contributed by atoms with Crippen LogP contribution in [-0.4, -0.2) is 25.1 Å². The minimum atomic E-state index is -4.40. The Morgan fingerprint density at radius 2 is 1.54 bits per heavy atom. The molecular formula is C26H21F3N2O4. The third-order valence-corrected chi connectivity index (χ3v) is 5.29. The minimum absolute atomic E-state index is 0.101. The Kier molecular flexibility index (Phi) is 6.77. The first kappa shape index (κ1) is 23.9. The van der Waals surface area contributed by atoms with Crippen molar-refractivity contribution in [2.75, 3.05) is 14.2 Å². The van der Waals surface area contributed by atoms with E-state index in [1.54, 1.807) is 62.9 Å². The van der Waals surface area contributed by atoms with Crippen molar-refractivity contribution in [2.24, 2.45) is 0 Å². The Labute approximate surface area is 199 Å². The van der Waals surface area contributed by atoms with Gasteiger partial charge in [-0.1, -0.05) is 12.1 Å². The topological polar surface area (TPSA) is 69.7 Å². The number of carbonyl (C=O) groups is 1. The zero-order valence-electron chi connectivity index (χ0n) is 18.8. The van der Waals surface area contributed by atoms with Crippen LogP contribution in [0.2, 0.25) is 0 Å². The van der Waals surface area contributed by atoms with E-state index in [9.17, 15) is 18.0 Å². The summed E-state index contributed by atoms with van der Waals surface area (Å²) in [5.41, 5.74) is 0.875. The summed E-state index contributed by atoms with van der Waals surface area (Å²) in [6, 6.07) is 16.4. The highest BCUT2D eigenvalue weighted by Gasteiger charge is 2.29. The van der Waals surface area contributed by atoms with Crippen molar-refractivity contribution in [3.05, 3.63) is 89.6 Å². The molecule has 0 saturated heterocycles. The predicted octanol–water partition coefficient (Wildman–Crippen LogP) is 5.99. The Bertz CT molecular complexity index is 1340. The molecule has 1 N–H and O–H groups in total. The summed E-state index contributed by atoms with van der Waals surface area (Å²) >= 11 is 0. The molecule has 1 aromatic heterocycles. The molecule has 0 aliphatic heterocycles. The molecule has 0 aliphatic carbocycles. The number of hydrogen-bond acceptors (Lipinski definition) is 5. The van der Waals surface area contributed by atoms with Crippen molar-refractivity contribution >= 4 is 16.8 Å². The van der Waals surface area contributed by atoms with E-state index < -0.39 is 11.7 Å². The number of rotatable bonds is 7. The molecule has 6 nitrogen and oxygen atoms in total. The molecule has 4 rings (SSSR count). The lowest BCUT2D eigenvalue weighted by atomic mass is 10.1. The largest absolute Gasteiger partial charge is 0.493 e. The number of carbonyl (C=O) groups excluding carboxylic acids is 1. The molecule has 0 unspecified atom stereocenters. The zero-order chi connectivity index (χ0) is 25.0. The van der Waals surface area contributed by atoms with E-state index in [-0.39, 0.29) is 12.5 Å². The number of hydrogen-bond donors (Lipinski definition) is 1. The molecule has 180 valence electrons. The maximum absolute atomic E-state index is 12.7. The molecule has 0 spiro atoms. The van der Waals surface area contributed by atoms with Gasteiger partial charge in [-0.2, -0.15) is 13.2 Å². The standard InChI is InChI=1S/C26H21F3N2O4/c1-33-23-13-20-21(14-24(23)34-2)30-12-11-22(20)35-19-9-5-17(6-10-19)25(32)31-15-16-3-7-18(8-4-16)26(27,28)29/h3-14H,15H2,1-2H3,(H,31,32). The van der Waals surface area contributed by atoms with Gasteiger partial charge in [0.2, 0.25) is 0 Å². The first-order valence-electron chi connectivity index (χ1n) is 10.5. The normalized spacial score (nSPS) is 11.2.